The molecule has 2 aromatic carbocycles. The van der Waals surface area contributed by atoms with Crippen LogP contribution < -0.4 is 4.52 Å². The maximum absolute atomic E-state index is 12.6. The maximum Gasteiger partial charge on any atom is 0.439 e. The van der Waals surface area contributed by atoms with E-state index in [4.69, 9.17) is 9.05 Å². The number of carbonyl (C=O) groups excluding carboxylic acids is 1. The van der Waals surface area contributed by atoms with Crippen LogP contribution in [0.5, 0.6) is 5.75 Å². The minimum atomic E-state index is -3.30. The lowest BCUT2D eigenvalue weighted by atomic mass is 9.98. The summed E-state index contributed by atoms with van der Waals surface area (Å²) < 4.78 is 22.9. The van der Waals surface area contributed by atoms with Crippen LogP contribution in [0.1, 0.15) is 39.6 Å². The number of benzene rings is 2. The van der Waals surface area contributed by atoms with Crippen LogP contribution in [0.25, 0.3) is 0 Å². The van der Waals surface area contributed by atoms with Crippen LogP contribution in [0.4, 0.5) is 0 Å². The molecule has 26 heavy (non-hydrogen) atoms. The lowest BCUT2D eigenvalue weighted by Crippen LogP contribution is -2.09. The van der Waals surface area contributed by atoms with Gasteiger partial charge in [0.05, 0.1) is 5.56 Å². The molecule has 0 radical (unpaired) electrons. The fraction of sp³-hybridized carbons (Fsp3) is 0.222. The van der Waals surface area contributed by atoms with Crippen LogP contribution >= 0.6 is 18.2 Å². The molecular weight excluding hydrogens is 375 g/mol. The zero-order valence-electron chi connectivity index (χ0n) is 14.4. The molecule has 0 fully saturated rings. The molecule has 8 heteroatoms. The lowest BCUT2D eigenvalue weighted by molar-refractivity contribution is 0.0692. The topological polar surface area (TPSA) is 89.9 Å². The van der Waals surface area contributed by atoms with Gasteiger partial charge in [-0.05, 0) is 48.1 Å². The van der Waals surface area contributed by atoms with E-state index in [1.54, 1.807) is 12.1 Å². The Balaban J connectivity index is 2.21. The summed E-state index contributed by atoms with van der Waals surface area (Å²) in [5.74, 6) is -0.636. The Hall–Kier alpha value is -2.08. The van der Waals surface area contributed by atoms with Gasteiger partial charge in [0.15, 0.2) is 5.78 Å². The van der Waals surface area contributed by atoms with Crippen molar-refractivity contribution in [3.05, 3.63) is 65.2 Å². The Labute approximate surface area is 155 Å². The average Bonchev–Trinajstić information content (AvgIpc) is 2.66. The van der Waals surface area contributed by atoms with Gasteiger partial charge in [0, 0.05) is 24.0 Å². The average molecular weight is 394 g/mol. The monoisotopic (exact) mass is 394 g/mol. The van der Waals surface area contributed by atoms with Gasteiger partial charge in [-0.1, -0.05) is 25.1 Å². The smallest absolute Gasteiger partial charge is 0.439 e. The van der Waals surface area contributed by atoms with Crippen LogP contribution in [0.15, 0.2) is 48.5 Å². The van der Waals surface area contributed by atoms with Gasteiger partial charge in [-0.25, -0.2) is 9.36 Å². The SMILES string of the molecule is CCCSP(=O)(OC)Oc1ccc(C(=O)c2ccccc2C(=O)O)cc1. The van der Waals surface area contributed by atoms with Gasteiger partial charge in [-0.2, -0.15) is 0 Å². The molecule has 0 heterocycles. The number of ketones is 1. The molecule has 0 saturated carbocycles. The van der Waals surface area contributed by atoms with Crippen molar-refractivity contribution < 1.29 is 28.3 Å². The summed E-state index contributed by atoms with van der Waals surface area (Å²) in [6.07, 6.45) is 0.831. The van der Waals surface area contributed by atoms with Crippen LogP contribution in [0.3, 0.4) is 0 Å². The Bertz CT molecular complexity index is 834. The number of carboxylic acid groups (broad SMARTS) is 1. The third-order valence-electron chi connectivity index (χ3n) is 3.41. The lowest BCUT2D eigenvalue weighted by Gasteiger charge is -2.16. The van der Waals surface area contributed by atoms with Gasteiger partial charge >= 0.3 is 12.8 Å². The van der Waals surface area contributed by atoms with E-state index in [1.165, 1.54) is 43.5 Å². The van der Waals surface area contributed by atoms with E-state index < -0.39 is 18.6 Å². The van der Waals surface area contributed by atoms with Gasteiger partial charge in [0.2, 0.25) is 0 Å². The second kappa shape index (κ2) is 9.03. The summed E-state index contributed by atoms with van der Waals surface area (Å²) >= 11 is 1.11. The minimum Gasteiger partial charge on any atom is -0.478 e. The van der Waals surface area contributed by atoms with Gasteiger partial charge in [0.25, 0.3) is 0 Å². The van der Waals surface area contributed by atoms with E-state index >= 15 is 0 Å². The summed E-state index contributed by atoms with van der Waals surface area (Å²) in [5.41, 5.74) is 0.354. The first kappa shape index (κ1) is 20.2. The van der Waals surface area contributed by atoms with Crippen LogP contribution in [0.2, 0.25) is 0 Å². The molecule has 2 aromatic rings. The third kappa shape index (κ3) is 4.97. The van der Waals surface area contributed by atoms with E-state index in [1.807, 2.05) is 6.92 Å². The zero-order chi connectivity index (χ0) is 19.2. The largest absolute Gasteiger partial charge is 0.478 e. The minimum absolute atomic E-state index is 0.0577. The number of carboxylic acids is 1. The van der Waals surface area contributed by atoms with E-state index in [0.717, 1.165) is 17.8 Å². The zero-order valence-corrected chi connectivity index (χ0v) is 16.1. The molecule has 1 N–H and O–H groups in total. The number of aromatic carboxylic acids is 1. The summed E-state index contributed by atoms with van der Waals surface area (Å²) in [6.45, 7) is -1.34. The Morgan fingerprint density at radius 3 is 2.23 bits per heavy atom. The van der Waals surface area contributed by atoms with Crippen molar-refractivity contribution in [3.63, 3.8) is 0 Å². The molecule has 0 spiro atoms. The molecule has 0 aromatic heterocycles. The van der Waals surface area contributed by atoms with Gasteiger partial charge in [0.1, 0.15) is 5.75 Å². The van der Waals surface area contributed by atoms with Crippen molar-refractivity contribution in [1.29, 1.82) is 0 Å². The Morgan fingerprint density at radius 1 is 1.08 bits per heavy atom. The number of carbonyl (C=O) groups is 2. The van der Waals surface area contributed by atoms with Crippen LogP contribution in [-0.2, 0) is 9.09 Å². The molecular formula is C18H19O6PS. The van der Waals surface area contributed by atoms with E-state index in [0.29, 0.717) is 17.1 Å². The quantitative estimate of drug-likeness (QED) is 0.478. The van der Waals surface area contributed by atoms with Crippen molar-refractivity contribution in [1.82, 2.24) is 0 Å². The summed E-state index contributed by atoms with van der Waals surface area (Å²) in [5, 5.41) is 9.21. The highest BCUT2D eigenvalue weighted by molar-refractivity contribution is 8.55. The maximum atomic E-state index is 12.6. The van der Waals surface area contributed by atoms with Crippen molar-refractivity contribution in [2.75, 3.05) is 12.9 Å². The van der Waals surface area contributed by atoms with Gasteiger partial charge in [-0.15, -0.1) is 0 Å². The standard InChI is InChI=1S/C18H19O6PS/c1-3-12-26-25(22,23-2)24-14-10-8-13(9-11-14)17(19)15-6-4-5-7-16(15)18(20)21/h4-11H,3,12H2,1-2H3,(H,20,21). The van der Waals surface area contributed by atoms with Crippen LogP contribution in [-0.4, -0.2) is 29.7 Å². The molecule has 0 aliphatic carbocycles. The van der Waals surface area contributed by atoms with Crippen LogP contribution in [0, 0.1) is 0 Å². The highest BCUT2D eigenvalue weighted by atomic mass is 32.7. The van der Waals surface area contributed by atoms with Crippen molar-refractivity contribution >= 4 is 29.9 Å². The second-order valence-electron chi connectivity index (χ2n) is 5.26. The molecule has 6 nitrogen and oxygen atoms in total. The van der Waals surface area contributed by atoms with Crippen molar-refractivity contribution in [3.8, 4) is 5.75 Å². The normalized spacial score (nSPS) is 13.0. The molecule has 1 unspecified atom stereocenters. The number of hydrogen-bond donors (Lipinski definition) is 1. The first-order chi connectivity index (χ1) is 12.4. The Kier molecular flexibility index (Phi) is 7.03. The van der Waals surface area contributed by atoms with E-state index in [-0.39, 0.29) is 11.1 Å². The predicted molar refractivity (Wildman–Crippen MR) is 101 cm³/mol. The van der Waals surface area contributed by atoms with Crippen molar-refractivity contribution in [2.24, 2.45) is 0 Å². The van der Waals surface area contributed by atoms with Crippen molar-refractivity contribution in [2.45, 2.75) is 13.3 Å². The van der Waals surface area contributed by atoms with Gasteiger partial charge < -0.3 is 9.63 Å². The highest BCUT2D eigenvalue weighted by Gasteiger charge is 2.25. The molecule has 0 aliphatic heterocycles. The number of hydrogen-bond acceptors (Lipinski definition) is 6. The fourth-order valence-electron chi connectivity index (χ4n) is 2.14. The molecule has 0 bridgehead atoms. The molecule has 0 aliphatic rings. The van der Waals surface area contributed by atoms with E-state index in [2.05, 4.69) is 0 Å². The molecule has 138 valence electrons. The first-order valence-corrected chi connectivity index (χ1v) is 11.0. The third-order valence-corrected chi connectivity index (χ3v) is 7.37. The molecule has 0 amide bonds. The second-order valence-corrected chi connectivity index (χ2v) is 9.48. The van der Waals surface area contributed by atoms with Gasteiger partial charge in [-0.3, -0.25) is 9.32 Å². The summed E-state index contributed by atoms with van der Waals surface area (Å²) in [7, 11) is 1.32. The predicted octanol–water partition coefficient (Wildman–Crippen LogP) is 4.89. The highest BCUT2D eigenvalue weighted by Crippen LogP contribution is 2.59. The summed E-state index contributed by atoms with van der Waals surface area (Å²) in [6, 6.07) is 12.0. The Morgan fingerprint density at radius 2 is 1.69 bits per heavy atom. The summed E-state index contributed by atoms with van der Waals surface area (Å²) in [4.78, 5) is 23.8. The number of rotatable bonds is 9. The first-order valence-electron chi connectivity index (χ1n) is 7.87. The molecule has 0 saturated heterocycles. The van der Waals surface area contributed by atoms with E-state index in [9.17, 15) is 19.3 Å². The molecule has 1 atom stereocenters. The fourth-order valence-corrected chi connectivity index (χ4v) is 5.11. The molecule has 2 rings (SSSR count).